The average molecular weight is 249 g/mol. The van der Waals surface area contributed by atoms with E-state index in [-0.39, 0.29) is 12.2 Å². The van der Waals surface area contributed by atoms with Gasteiger partial charge in [0.25, 0.3) is 0 Å². The minimum atomic E-state index is -0.420. The molecule has 5 nitrogen and oxygen atoms in total. The first-order valence-corrected chi connectivity index (χ1v) is 5.73. The number of para-hydroxylation sites is 1. The molecule has 0 unspecified atom stereocenters. The fraction of sp³-hybridized carbons (Fsp3) is 0.385. The summed E-state index contributed by atoms with van der Waals surface area (Å²) in [6.07, 6.45) is 1.13. The van der Waals surface area contributed by atoms with Crippen LogP contribution in [0.4, 0.5) is 0 Å². The average Bonchev–Trinajstić information content (AvgIpc) is 2.29. The number of nitrogens with zero attached hydrogens (tertiary/aromatic N) is 2. The standard InChI is InChI=1S/C13H16N2O3/c1-10(17-12-6-4-3-5-7-12)8-11(2)18-13(16)9-15-14/h3-7,9-11H,8H2,1-2H3/p+1/b13-9+/t10-,11-/m1/s1. The largest absolute Gasteiger partial charge is 0.491 e. The molecular weight excluding hydrogens is 232 g/mol. The van der Waals surface area contributed by atoms with Crippen LogP contribution in [0, 0.1) is 5.39 Å². The molecule has 5 heteroatoms. The summed E-state index contributed by atoms with van der Waals surface area (Å²) >= 11 is 0. The Kier molecular flexibility index (Phi) is 5.52. The Labute approximate surface area is 106 Å². The number of diazo groups is 1. The van der Waals surface area contributed by atoms with Crippen LogP contribution < -0.4 is 4.74 Å². The van der Waals surface area contributed by atoms with Gasteiger partial charge in [-0.05, 0) is 26.0 Å². The van der Waals surface area contributed by atoms with Gasteiger partial charge in [-0.15, -0.1) is 0 Å². The van der Waals surface area contributed by atoms with Crippen LogP contribution in [0.5, 0.6) is 5.75 Å². The number of ether oxygens (including phenoxy) is 2. The Hall–Kier alpha value is -2.22. The zero-order chi connectivity index (χ0) is 13.4. The Morgan fingerprint density at radius 2 is 2.00 bits per heavy atom. The maximum atomic E-state index is 9.17. The lowest BCUT2D eigenvalue weighted by Gasteiger charge is -2.18. The molecule has 0 aliphatic heterocycles. The predicted molar refractivity (Wildman–Crippen MR) is 67.5 cm³/mol. The monoisotopic (exact) mass is 249 g/mol. The van der Waals surface area contributed by atoms with Crippen LogP contribution in [0.2, 0.25) is 0 Å². The van der Waals surface area contributed by atoms with Crippen molar-refractivity contribution < 1.29 is 14.6 Å². The first-order chi connectivity index (χ1) is 8.61. The van der Waals surface area contributed by atoms with Crippen molar-refractivity contribution in [3.63, 3.8) is 0 Å². The summed E-state index contributed by atoms with van der Waals surface area (Å²) in [5, 5.41) is 17.4. The van der Waals surface area contributed by atoms with Crippen molar-refractivity contribution in [2.45, 2.75) is 32.5 Å². The summed E-state index contributed by atoms with van der Waals surface area (Å²) in [5.74, 6) is 0.374. The van der Waals surface area contributed by atoms with Gasteiger partial charge in [0.05, 0.1) is 6.10 Å². The van der Waals surface area contributed by atoms with Gasteiger partial charge in [0, 0.05) is 6.42 Å². The minimum absolute atomic E-state index is 0.0544. The van der Waals surface area contributed by atoms with Gasteiger partial charge in [-0.25, -0.2) is 0 Å². The van der Waals surface area contributed by atoms with E-state index in [4.69, 9.17) is 20.0 Å². The summed E-state index contributed by atoms with van der Waals surface area (Å²) in [6, 6.07) is 9.48. The number of hydrogen-bond donors (Lipinski definition) is 1. The van der Waals surface area contributed by atoms with Gasteiger partial charge in [-0.2, -0.15) is 0 Å². The van der Waals surface area contributed by atoms with Gasteiger partial charge in [-0.1, -0.05) is 18.2 Å². The van der Waals surface area contributed by atoms with Crippen molar-refractivity contribution in [1.29, 1.82) is 5.39 Å². The molecule has 0 aliphatic carbocycles. The Morgan fingerprint density at radius 1 is 1.33 bits per heavy atom. The third-order valence-electron chi connectivity index (χ3n) is 2.23. The molecule has 0 amide bonds. The van der Waals surface area contributed by atoms with Crippen LogP contribution in [0.3, 0.4) is 0 Å². The third kappa shape index (κ3) is 5.21. The van der Waals surface area contributed by atoms with Crippen molar-refractivity contribution in [3.05, 3.63) is 47.5 Å². The molecule has 0 spiro atoms. The molecule has 0 fully saturated rings. The highest BCUT2D eigenvalue weighted by molar-refractivity contribution is 5.21. The summed E-state index contributed by atoms with van der Waals surface area (Å²) in [4.78, 5) is 2.67. The molecule has 0 radical (unpaired) electrons. The predicted octanol–water partition coefficient (Wildman–Crippen LogP) is 3.46. The molecular formula is C13H17N2O3+. The number of hydrogen-bond acceptors (Lipinski definition) is 4. The van der Waals surface area contributed by atoms with Gasteiger partial charge in [0.2, 0.25) is 5.39 Å². The highest BCUT2D eigenvalue weighted by Crippen LogP contribution is 2.15. The number of benzene rings is 1. The summed E-state index contributed by atoms with van der Waals surface area (Å²) in [5.41, 5.74) is 0. The zero-order valence-electron chi connectivity index (χ0n) is 10.5. The van der Waals surface area contributed by atoms with E-state index in [1.807, 2.05) is 37.3 Å². The van der Waals surface area contributed by atoms with Gasteiger partial charge in [0.1, 0.15) is 11.9 Å². The molecule has 1 rings (SSSR count). The van der Waals surface area contributed by atoms with Gasteiger partial charge in [0.15, 0.2) is 4.98 Å². The second-order valence-corrected chi connectivity index (χ2v) is 3.99. The minimum Gasteiger partial charge on any atom is -0.491 e. The SMILES string of the molecule is C[C@H](C[C@@H](C)Oc1ccccc1)O/C(O)=C/[N+]#N. The van der Waals surface area contributed by atoms with Crippen LogP contribution in [0.25, 0.3) is 4.98 Å². The van der Waals surface area contributed by atoms with E-state index >= 15 is 0 Å². The molecule has 0 aromatic heterocycles. The van der Waals surface area contributed by atoms with E-state index in [0.717, 1.165) is 11.9 Å². The van der Waals surface area contributed by atoms with Gasteiger partial charge < -0.3 is 14.6 Å². The molecule has 1 aromatic rings. The Morgan fingerprint density at radius 3 is 2.61 bits per heavy atom. The van der Waals surface area contributed by atoms with Crippen LogP contribution >= 0.6 is 0 Å². The maximum absolute atomic E-state index is 9.17. The fourth-order valence-corrected chi connectivity index (χ4v) is 1.58. The lowest BCUT2D eigenvalue weighted by molar-refractivity contribution is 0.0195. The lowest BCUT2D eigenvalue weighted by atomic mass is 10.2. The Balaban J connectivity index is 2.38. The summed E-state index contributed by atoms with van der Waals surface area (Å²) in [6.45, 7) is 3.72. The second kappa shape index (κ2) is 7.17. The first-order valence-electron chi connectivity index (χ1n) is 5.73. The van der Waals surface area contributed by atoms with Gasteiger partial charge in [-0.3, -0.25) is 0 Å². The van der Waals surface area contributed by atoms with E-state index in [0.29, 0.717) is 6.42 Å². The van der Waals surface area contributed by atoms with E-state index in [1.54, 1.807) is 6.92 Å². The highest BCUT2D eigenvalue weighted by atomic mass is 16.6. The number of aliphatic hydroxyl groups excluding tert-OH is 1. The molecule has 1 aromatic carbocycles. The van der Waals surface area contributed by atoms with Gasteiger partial charge >= 0.3 is 12.1 Å². The second-order valence-electron chi connectivity index (χ2n) is 3.99. The normalized spacial score (nSPS) is 14.4. The number of rotatable bonds is 6. The fourth-order valence-electron chi connectivity index (χ4n) is 1.58. The van der Waals surface area contributed by atoms with E-state index < -0.39 is 5.95 Å². The van der Waals surface area contributed by atoms with E-state index in [1.165, 1.54) is 0 Å². The van der Waals surface area contributed by atoms with E-state index in [9.17, 15) is 0 Å². The molecule has 0 aliphatic rings. The van der Waals surface area contributed by atoms with E-state index in [2.05, 4.69) is 4.98 Å². The molecule has 96 valence electrons. The van der Waals surface area contributed by atoms with Crippen molar-refractivity contribution in [3.8, 4) is 5.75 Å². The topological polar surface area (TPSA) is 66.8 Å². The van der Waals surface area contributed by atoms with Crippen LogP contribution in [0.15, 0.2) is 42.5 Å². The van der Waals surface area contributed by atoms with Crippen LogP contribution in [0.1, 0.15) is 20.3 Å². The molecule has 1 N–H and O–H groups in total. The summed E-state index contributed by atoms with van der Waals surface area (Å²) in [7, 11) is 0. The molecule has 18 heavy (non-hydrogen) atoms. The van der Waals surface area contributed by atoms with Crippen molar-refractivity contribution in [2.75, 3.05) is 0 Å². The smallest absolute Gasteiger partial charge is 0.429 e. The maximum Gasteiger partial charge on any atom is 0.429 e. The third-order valence-corrected chi connectivity index (χ3v) is 2.23. The number of aliphatic hydroxyl groups is 1. The zero-order valence-corrected chi connectivity index (χ0v) is 10.5. The molecule has 0 bridgehead atoms. The van der Waals surface area contributed by atoms with Crippen LogP contribution in [-0.4, -0.2) is 17.3 Å². The first kappa shape index (κ1) is 13.8. The highest BCUT2D eigenvalue weighted by Gasteiger charge is 2.14. The van der Waals surface area contributed by atoms with Crippen LogP contribution in [-0.2, 0) is 4.74 Å². The molecule has 2 atom stereocenters. The molecule has 0 saturated heterocycles. The summed E-state index contributed by atoms with van der Waals surface area (Å²) < 4.78 is 10.8. The quantitative estimate of drug-likeness (QED) is 0.619. The Bertz CT molecular complexity index is 426. The lowest BCUT2D eigenvalue weighted by Crippen LogP contribution is -2.20. The molecule has 0 saturated carbocycles. The molecule has 0 heterocycles. The van der Waals surface area contributed by atoms with Crippen molar-refractivity contribution >= 4 is 0 Å². The van der Waals surface area contributed by atoms with Crippen molar-refractivity contribution in [1.82, 2.24) is 0 Å². The van der Waals surface area contributed by atoms with Crippen molar-refractivity contribution in [2.24, 2.45) is 0 Å².